The number of hydrogen-bond donors (Lipinski definition) is 1. The monoisotopic (exact) mass is 349 g/mol. The van der Waals surface area contributed by atoms with Crippen LogP contribution in [0.4, 0.5) is 4.39 Å². The molecule has 0 amide bonds. The van der Waals surface area contributed by atoms with Gasteiger partial charge in [0, 0.05) is 29.7 Å². The van der Waals surface area contributed by atoms with Gasteiger partial charge in [0.25, 0.3) is 0 Å². The predicted molar refractivity (Wildman–Crippen MR) is 80.5 cm³/mol. The van der Waals surface area contributed by atoms with Gasteiger partial charge in [0.2, 0.25) is 0 Å². The number of benzene rings is 2. The van der Waals surface area contributed by atoms with Crippen LogP contribution in [-0.2, 0) is 19.6 Å². The van der Waals surface area contributed by atoms with E-state index in [1.807, 2.05) is 6.07 Å². The fourth-order valence-corrected chi connectivity index (χ4v) is 3.02. The Bertz CT molecular complexity index is 717. The molecular weight excluding hydrogens is 337 g/mol. The highest BCUT2D eigenvalue weighted by atomic mass is 79.9. The molecule has 0 aliphatic carbocycles. The Morgan fingerprint density at radius 1 is 1.19 bits per heavy atom. The summed E-state index contributed by atoms with van der Waals surface area (Å²) in [6, 6.07) is 10.1. The predicted octanol–water partition coefficient (Wildman–Crippen LogP) is 3.80. The van der Waals surface area contributed by atoms with E-state index >= 15 is 0 Å². The van der Waals surface area contributed by atoms with Crippen molar-refractivity contribution in [2.45, 2.75) is 19.6 Å². The van der Waals surface area contributed by atoms with Gasteiger partial charge in [-0.3, -0.25) is 4.90 Å². The number of fused-ring (bicyclic) bond motifs is 1. The van der Waals surface area contributed by atoms with Crippen molar-refractivity contribution in [3.05, 3.63) is 68.9 Å². The number of aromatic carboxylic acids is 1. The Kier molecular flexibility index (Phi) is 3.78. The maximum Gasteiger partial charge on any atom is 0.335 e. The van der Waals surface area contributed by atoms with Crippen molar-refractivity contribution in [1.29, 1.82) is 0 Å². The number of carboxylic acid groups (broad SMARTS) is 1. The topological polar surface area (TPSA) is 40.5 Å². The summed E-state index contributed by atoms with van der Waals surface area (Å²) in [5.74, 6) is -1.14. The largest absolute Gasteiger partial charge is 0.478 e. The molecular formula is C16H13BrFNO2. The van der Waals surface area contributed by atoms with Crippen molar-refractivity contribution in [2.75, 3.05) is 0 Å². The van der Waals surface area contributed by atoms with Crippen LogP contribution in [0.5, 0.6) is 0 Å². The molecule has 5 heteroatoms. The molecule has 0 atom stereocenters. The third kappa shape index (κ3) is 2.99. The van der Waals surface area contributed by atoms with Gasteiger partial charge in [-0.05, 0) is 41.5 Å². The summed E-state index contributed by atoms with van der Waals surface area (Å²) in [5, 5.41) is 9.02. The highest BCUT2D eigenvalue weighted by Crippen LogP contribution is 2.26. The first-order valence-electron chi connectivity index (χ1n) is 6.54. The summed E-state index contributed by atoms with van der Waals surface area (Å²) in [6.07, 6.45) is 0. The third-order valence-electron chi connectivity index (χ3n) is 3.64. The fourth-order valence-electron chi connectivity index (χ4n) is 2.62. The maximum atomic E-state index is 13.8. The molecule has 0 bridgehead atoms. The molecule has 0 fully saturated rings. The molecule has 3 rings (SSSR count). The van der Waals surface area contributed by atoms with E-state index in [0.29, 0.717) is 30.8 Å². The molecule has 1 aliphatic rings. The minimum atomic E-state index is -0.922. The maximum absolute atomic E-state index is 13.8. The summed E-state index contributed by atoms with van der Waals surface area (Å²) in [6.45, 7) is 1.85. The Labute approximate surface area is 130 Å². The Morgan fingerprint density at radius 2 is 1.95 bits per heavy atom. The molecule has 0 aromatic heterocycles. The lowest BCUT2D eigenvalue weighted by atomic mass is 10.1. The third-order valence-corrected chi connectivity index (χ3v) is 4.14. The van der Waals surface area contributed by atoms with Gasteiger partial charge in [-0.2, -0.15) is 0 Å². The molecule has 0 saturated carbocycles. The SMILES string of the molecule is O=C(O)c1ccc2c(c1)CN(Cc1cc(Br)ccc1F)C2. The second-order valence-corrected chi connectivity index (χ2v) is 6.09. The van der Waals surface area contributed by atoms with Crippen LogP contribution >= 0.6 is 15.9 Å². The average Bonchev–Trinajstić information content (AvgIpc) is 2.84. The minimum absolute atomic E-state index is 0.222. The Balaban J connectivity index is 1.78. The van der Waals surface area contributed by atoms with Gasteiger partial charge in [0.15, 0.2) is 0 Å². The molecule has 3 nitrogen and oxygen atoms in total. The number of hydrogen-bond acceptors (Lipinski definition) is 2. The molecule has 1 aliphatic heterocycles. The quantitative estimate of drug-likeness (QED) is 0.915. The lowest BCUT2D eigenvalue weighted by molar-refractivity contribution is 0.0696. The summed E-state index contributed by atoms with van der Waals surface area (Å²) in [7, 11) is 0. The van der Waals surface area contributed by atoms with E-state index in [1.54, 1.807) is 24.3 Å². The first-order valence-corrected chi connectivity index (χ1v) is 7.33. The Morgan fingerprint density at radius 3 is 2.71 bits per heavy atom. The van der Waals surface area contributed by atoms with Gasteiger partial charge in [0.05, 0.1) is 5.56 Å². The van der Waals surface area contributed by atoms with E-state index in [-0.39, 0.29) is 5.82 Å². The first-order chi connectivity index (χ1) is 10.0. The zero-order valence-corrected chi connectivity index (χ0v) is 12.7. The molecule has 1 N–H and O–H groups in total. The average molecular weight is 350 g/mol. The van der Waals surface area contributed by atoms with E-state index < -0.39 is 5.97 Å². The van der Waals surface area contributed by atoms with Crippen LogP contribution in [0.25, 0.3) is 0 Å². The minimum Gasteiger partial charge on any atom is -0.478 e. The highest BCUT2D eigenvalue weighted by Gasteiger charge is 2.21. The van der Waals surface area contributed by atoms with Gasteiger partial charge < -0.3 is 5.11 Å². The molecule has 21 heavy (non-hydrogen) atoms. The van der Waals surface area contributed by atoms with E-state index in [0.717, 1.165) is 15.6 Å². The number of carbonyl (C=O) groups is 1. The lowest BCUT2D eigenvalue weighted by Gasteiger charge is -2.15. The number of nitrogens with zero attached hydrogens (tertiary/aromatic N) is 1. The van der Waals surface area contributed by atoms with Crippen molar-refractivity contribution in [1.82, 2.24) is 4.90 Å². The fraction of sp³-hybridized carbons (Fsp3) is 0.188. The smallest absolute Gasteiger partial charge is 0.335 e. The molecule has 0 radical (unpaired) electrons. The van der Waals surface area contributed by atoms with Crippen LogP contribution in [0.3, 0.4) is 0 Å². The van der Waals surface area contributed by atoms with Crippen molar-refractivity contribution in [3.8, 4) is 0 Å². The van der Waals surface area contributed by atoms with Gasteiger partial charge in [-0.25, -0.2) is 9.18 Å². The second kappa shape index (κ2) is 5.58. The normalized spacial score (nSPS) is 14.2. The van der Waals surface area contributed by atoms with Crippen molar-refractivity contribution < 1.29 is 14.3 Å². The molecule has 0 spiro atoms. The van der Waals surface area contributed by atoms with E-state index in [2.05, 4.69) is 20.8 Å². The van der Waals surface area contributed by atoms with Crippen LogP contribution in [0.2, 0.25) is 0 Å². The van der Waals surface area contributed by atoms with Gasteiger partial charge in [0.1, 0.15) is 5.82 Å². The van der Waals surface area contributed by atoms with Crippen LogP contribution in [-0.4, -0.2) is 16.0 Å². The van der Waals surface area contributed by atoms with Crippen molar-refractivity contribution in [3.63, 3.8) is 0 Å². The first kappa shape index (κ1) is 14.2. The second-order valence-electron chi connectivity index (χ2n) is 5.17. The summed E-state index contributed by atoms with van der Waals surface area (Å²) >= 11 is 3.35. The molecule has 0 unspecified atom stereocenters. The molecule has 0 saturated heterocycles. The zero-order valence-electron chi connectivity index (χ0n) is 11.1. The van der Waals surface area contributed by atoms with Crippen LogP contribution in [0.1, 0.15) is 27.0 Å². The number of halogens is 2. The number of rotatable bonds is 3. The van der Waals surface area contributed by atoms with E-state index in [1.165, 1.54) is 6.07 Å². The molecule has 2 aromatic rings. The highest BCUT2D eigenvalue weighted by molar-refractivity contribution is 9.10. The van der Waals surface area contributed by atoms with Crippen LogP contribution in [0.15, 0.2) is 40.9 Å². The number of carboxylic acids is 1. The van der Waals surface area contributed by atoms with Crippen molar-refractivity contribution in [2.24, 2.45) is 0 Å². The summed E-state index contributed by atoms with van der Waals surface area (Å²) in [4.78, 5) is 13.1. The van der Waals surface area contributed by atoms with Crippen molar-refractivity contribution >= 4 is 21.9 Å². The standard InChI is InChI=1S/C16H13BrFNO2/c17-14-3-4-15(18)13(6-14)9-19-7-11-2-1-10(16(20)21)5-12(11)8-19/h1-6H,7-9H2,(H,20,21). The van der Waals surface area contributed by atoms with Gasteiger partial charge >= 0.3 is 5.97 Å². The zero-order chi connectivity index (χ0) is 15.0. The summed E-state index contributed by atoms with van der Waals surface area (Å²) < 4.78 is 14.6. The summed E-state index contributed by atoms with van der Waals surface area (Å²) in [5.41, 5.74) is 3.04. The molecule has 108 valence electrons. The molecule has 2 aromatic carbocycles. The van der Waals surface area contributed by atoms with Crippen LogP contribution < -0.4 is 0 Å². The van der Waals surface area contributed by atoms with Gasteiger partial charge in [-0.1, -0.05) is 22.0 Å². The molecule has 1 heterocycles. The van der Waals surface area contributed by atoms with Crippen LogP contribution in [0, 0.1) is 5.82 Å². The van der Waals surface area contributed by atoms with Gasteiger partial charge in [-0.15, -0.1) is 0 Å². The Hall–Kier alpha value is -1.72. The van der Waals surface area contributed by atoms with E-state index in [4.69, 9.17) is 5.11 Å². The van der Waals surface area contributed by atoms with E-state index in [9.17, 15) is 9.18 Å². The lowest BCUT2D eigenvalue weighted by Crippen LogP contribution is -2.16.